The van der Waals surface area contributed by atoms with E-state index in [1.165, 1.54) is 0 Å². The van der Waals surface area contributed by atoms with Gasteiger partial charge in [-0.3, -0.25) is 14.5 Å². The van der Waals surface area contributed by atoms with Crippen LogP contribution in [0.2, 0.25) is 0 Å². The van der Waals surface area contributed by atoms with Gasteiger partial charge in [0.2, 0.25) is 17.7 Å². The van der Waals surface area contributed by atoms with E-state index in [4.69, 9.17) is 4.74 Å². The Kier molecular flexibility index (Phi) is 3.98. The van der Waals surface area contributed by atoms with Gasteiger partial charge in [-0.15, -0.1) is 0 Å². The van der Waals surface area contributed by atoms with Crippen molar-refractivity contribution in [1.82, 2.24) is 14.8 Å². The maximum absolute atomic E-state index is 12.4. The molecule has 0 saturated carbocycles. The van der Waals surface area contributed by atoms with Gasteiger partial charge in [-0.05, 0) is 12.5 Å². The van der Waals surface area contributed by atoms with Crippen LogP contribution in [0, 0.1) is 0 Å². The second-order valence-electron chi connectivity index (χ2n) is 5.64. The smallest absolute Gasteiger partial charge is 0.241 e. The molecule has 1 unspecified atom stereocenters. The zero-order valence-electron chi connectivity index (χ0n) is 12.9. The van der Waals surface area contributed by atoms with Crippen molar-refractivity contribution in [1.29, 1.82) is 0 Å². The summed E-state index contributed by atoms with van der Waals surface area (Å²) in [6.07, 6.45) is 2.43. The number of carbonyl (C=O) groups excluding carboxylic acids is 2. The normalized spacial score (nSPS) is 23.3. The Labute approximate surface area is 129 Å². The number of carbonyl (C=O) groups is 2. The molecule has 1 atom stereocenters. The summed E-state index contributed by atoms with van der Waals surface area (Å²) in [6.45, 7) is 2.30. The van der Waals surface area contributed by atoms with Crippen molar-refractivity contribution in [3.05, 3.63) is 18.3 Å². The SMILES string of the molecule is COc1cc(N2CCN(C3CCN(C)C3=O)CC2=O)ccn1. The van der Waals surface area contributed by atoms with Crippen molar-refractivity contribution < 1.29 is 14.3 Å². The standard InChI is InChI=1S/C15H20N4O3/c1-17-6-4-12(15(17)21)18-7-8-19(14(20)10-18)11-3-5-16-13(9-11)22-2/h3,5,9,12H,4,6-8,10H2,1-2H3. The van der Waals surface area contributed by atoms with Crippen LogP contribution >= 0.6 is 0 Å². The molecule has 2 fully saturated rings. The molecule has 1 aromatic heterocycles. The highest BCUT2D eigenvalue weighted by Crippen LogP contribution is 2.23. The molecule has 7 heteroatoms. The molecular weight excluding hydrogens is 284 g/mol. The average molecular weight is 304 g/mol. The Morgan fingerprint density at radius 2 is 2.09 bits per heavy atom. The van der Waals surface area contributed by atoms with E-state index < -0.39 is 0 Å². The molecule has 1 aromatic rings. The summed E-state index contributed by atoms with van der Waals surface area (Å²) in [4.78, 5) is 34.0. The van der Waals surface area contributed by atoms with Gasteiger partial charge < -0.3 is 14.5 Å². The monoisotopic (exact) mass is 304 g/mol. The van der Waals surface area contributed by atoms with Crippen molar-refractivity contribution >= 4 is 17.5 Å². The van der Waals surface area contributed by atoms with Gasteiger partial charge in [0.1, 0.15) is 0 Å². The predicted octanol–water partition coefficient (Wildman–Crippen LogP) is -0.0305. The van der Waals surface area contributed by atoms with Gasteiger partial charge in [0.15, 0.2) is 0 Å². The van der Waals surface area contributed by atoms with Crippen molar-refractivity contribution in [2.75, 3.05) is 45.2 Å². The van der Waals surface area contributed by atoms with Crippen LogP contribution in [0.4, 0.5) is 5.69 Å². The summed E-state index contributed by atoms with van der Waals surface area (Å²) in [5.41, 5.74) is 0.784. The lowest BCUT2D eigenvalue weighted by Crippen LogP contribution is -2.55. The highest BCUT2D eigenvalue weighted by atomic mass is 16.5. The largest absolute Gasteiger partial charge is 0.481 e. The number of amides is 2. The number of hydrogen-bond donors (Lipinski definition) is 0. The minimum absolute atomic E-state index is 0.00172. The van der Waals surface area contributed by atoms with Gasteiger partial charge in [0.05, 0.1) is 25.4 Å². The molecule has 0 radical (unpaired) electrons. The van der Waals surface area contributed by atoms with Crippen molar-refractivity contribution in [3.8, 4) is 5.88 Å². The average Bonchev–Trinajstić information content (AvgIpc) is 2.87. The van der Waals surface area contributed by atoms with E-state index in [-0.39, 0.29) is 24.4 Å². The summed E-state index contributed by atoms with van der Waals surface area (Å²) >= 11 is 0. The van der Waals surface area contributed by atoms with Crippen LogP contribution in [-0.4, -0.2) is 73.0 Å². The molecule has 0 aromatic carbocycles. The van der Waals surface area contributed by atoms with Crippen LogP contribution in [0.1, 0.15) is 6.42 Å². The second kappa shape index (κ2) is 5.92. The zero-order valence-corrected chi connectivity index (χ0v) is 12.9. The van der Waals surface area contributed by atoms with E-state index in [1.807, 2.05) is 11.9 Å². The minimum Gasteiger partial charge on any atom is -0.481 e. The van der Waals surface area contributed by atoms with Crippen molar-refractivity contribution in [2.45, 2.75) is 12.5 Å². The third-order valence-corrected chi connectivity index (χ3v) is 4.33. The van der Waals surface area contributed by atoms with Gasteiger partial charge in [0, 0.05) is 38.9 Å². The van der Waals surface area contributed by atoms with Gasteiger partial charge in [-0.2, -0.15) is 0 Å². The third kappa shape index (κ3) is 2.64. The van der Waals surface area contributed by atoms with Crippen LogP contribution in [-0.2, 0) is 9.59 Å². The van der Waals surface area contributed by atoms with Crippen molar-refractivity contribution in [3.63, 3.8) is 0 Å². The first-order valence-corrected chi connectivity index (χ1v) is 7.39. The number of rotatable bonds is 3. The Balaban J connectivity index is 1.70. The molecule has 118 valence electrons. The molecule has 0 aliphatic carbocycles. The van der Waals surface area contributed by atoms with E-state index >= 15 is 0 Å². The number of likely N-dealkylation sites (N-methyl/N-ethyl adjacent to an activating group) is 1. The number of piperazine rings is 1. The van der Waals surface area contributed by atoms with Gasteiger partial charge in [0.25, 0.3) is 0 Å². The van der Waals surface area contributed by atoms with Crippen LogP contribution in [0.15, 0.2) is 18.3 Å². The maximum atomic E-state index is 12.4. The lowest BCUT2D eigenvalue weighted by atomic mass is 10.1. The minimum atomic E-state index is -0.150. The Morgan fingerprint density at radius 1 is 1.27 bits per heavy atom. The lowest BCUT2D eigenvalue weighted by Gasteiger charge is -2.36. The van der Waals surface area contributed by atoms with Crippen LogP contribution in [0.25, 0.3) is 0 Å². The number of nitrogens with zero attached hydrogens (tertiary/aromatic N) is 4. The van der Waals surface area contributed by atoms with E-state index in [0.29, 0.717) is 19.0 Å². The predicted molar refractivity (Wildman–Crippen MR) is 80.8 cm³/mol. The number of ether oxygens (including phenoxy) is 1. The zero-order chi connectivity index (χ0) is 15.7. The van der Waals surface area contributed by atoms with E-state index in [1.54, 1.807) is 35.2 Å². The molecule has 2 aliphatic heterocycles. The van der Waals surface area contributed by atoms with E-state index in [9.17, 15) is 9.59 Å². The van der Waals surface area contributed by atoms with E-state index in [0.717, 1.165) is 18.7 Å². The van der Waals surface area contributed by atoms with E-state index in [2.05, 4.69) is 4.98 Å². The number of anilines is 1. The summed E-state index contributed by atoms with van der Waals surface area (Å²) in [7, 11) is 3.36. The Hall–Kier alpha value is -2.15. The Morgan fingerprint density at radius 3 is 2.73 bits per heavy atom. The summed E-state index contributed by atoms with van der Waals surface area (Å²) in [5.74, 6) is 0.606. The molecule has 3 heterocycles. The topological polar surface area (TPSA) is 66.0 Å². The number of likely N-dealkylation sites (tertiary alicyclic amines) is 1. The Bertz CT molecular complexity index is 592. The molecule has 22 heavy (non-hydrogen) atoms. The fraction of sp³-hybridized carbons (Fsp3) is 0.533. The lowest BCUT2D eigenvalue weighted by molar-refractivity contribution is -0.132. The second-order valence-corrected chi connectivity index (χ2v) is 5.64. The first kappa shape index (κ1) is 14.8. The van der Waals surface area contributed by atoms with Gasteiger partial charge in [-0.1, -0.05) is 0 Å². The third-order valence-electron chi connectivity index (χ3n) is 4.33. The number of aromatic nitrogens is 1. The fourth-order valence-electron chi connectivity index (χ4n) is 3.05. The van der Waals surface area contributed by atoms with Crippen LogP contribution in [0.5, 0.6) is 5.88 Å². The number of methoxy groups -OCH3 is 1. The van der Waals surface area contributed by atoms with Crippen LogP contribution in [0.3, 0.4) is 0 Å². The maximum Gasteiger partial charge on any atom is 0.241 e. The molecule has 2 amide bonds. The number of hydrogen-bond acceptors (Lipinski definition) is 5. The van der Waals surface area contributed by atoms with Crippen molar-refractivity contribution in [2.24, 2.45) is 0 Å². The molecule has 7 nitrogen and oxygen atoms in total. The van der Waals surface area contributed by atoms with Gasteiger partial charge >= 0.3 is 0 Å². The number of pyridine rings is 1. The summed E-state index contributed by atoms with van der Waals surface area (Å²) in [6, 6.07) is 3.40. The quantitative estimate of drug-likeness (QED) is 0.784. The first-order valence-electron chi connectivity index (χ1n) is 7.39. The molecule has 0 bridgehead atoms. The summed E-state index contributed by atoms with van der Waals surface area (Å²) in [5, 5.41) is 0. The molecule has 3 rings (SSSR count). The highest BCUT2D eigenvalue weighted by Gasteiger charge is 2.37. The molecule has 0 spiro atoms. The van der Waals surface area contributed by atoms with Crippen LogP contribution < -0.4 is 9.64 Å². The molecule has 2 saturated heterocycles. The first-order chi connectivity index (χ1) is 10.6. The molecule has 0 N–H and O–H groups in total. The van der Waals surface area contributed by atoms with Gasteiger partial charge in [-0.25, -0.2) is 4.98 Å². The summed E-state index contributed by atoms with van der Waals surface area (Å²) < 4.78 is 5.10. The molecular formula is C15H20N4O3. The fourth-order valence-corrected chi connectivity index (χ4v) is 3.05. The molecule has 2 aliphatic rings. The highest BCUT2D eigenvalue weighted by molar-refractivity contribution is 5.96.